The minimum absolute atomic E-state index is 0.0438. The highest BCUT2D eigenvalue weighted by Gasteiger charge is 2.36. The Labute approximate surface area is 127 Å². The molecule has 3 unspecified atom stereocenters. The number of hydrogen-bond donors (Lipinski definition) is 4. The first-order valence-electron chi connectivity index (χ1n) is 8.10. The van der Waals surface area contributed by atoms with E-state index in [0.29, 0.717) is 11.7 Å². The molecule has 4 nitrogen and oxygen atoms in total. The lowest BCUT2D eigenvalue weighted by Crippen LogP contribution is -2.49. The lowest BCUT2D eigenvalue weighted by molar-refractivity contribution is 0.260. The molecule has 1 aromatic carbocycles. The molecule has 118 valence electrons. The summed E-state index contributed by atoms with van der Waals surface area (Å²) in [6.07, 6.45) is 2.92. The molecule has 0 bridgehead atoms. The zero-order valence-electron chi connectivity index (χ0n) is 13.3. The van der Waals surface area contributed by atoms with Crippen molar-refractivity contribution in [2.24, 2.45) is 5.92 Å². The van der Waals surface area contributed by atoms with Crippen molar-refractivity contribution in [2.75, 3.05) is 13.1 Å². The van der Waals surface area contributed by atoms with Crippen LogP contribution >= 0.6 is 0 Å². The van der Waals surface area contributed by atoms with Crippen LogP contribution in [0.4, 0.5) is 0 Å². The van der Waals surface area contributed by atoms with Crippen LogP contribution in [0.5, 0.6) is 11.5 Å². The van der Waals surface area contributed by atoms with Gasteiger partial charge in [0, 0.05) is 17.2 Å². The molecule has 1 aromatic rings. The van der Waals surface area contributed by atoms with Crippen LogP contribution in [0.2, 0.25) is 0 Å². The van der Waals surface area contributed by atoms with E-state index in [4.69, 9.17) is 0 Å². The summed E-state index contributed by atoms with van der Waals surface area (Å²) in [5.74, 6) is 0.990. The predicted molar refractivity (Wildman–Crippen MR) is 85.8 cm³/mol. The number of fused-ring (bicyclic) bond motifs is 1. The quantitative estimate of drug-likeness (QED) is 0.609. The number of benzene rings is 1. The van der Waals surface area contributed by atoms with Gasteiger partial charge in [0.25, 0.3) is 0 Å². The normalized spacial score (nSPS) is 24.8. The van der Waals surface area contributed by atoms with Crippen LogP contribution in [-0.4, -0.2) is 29.3 Å². The van der Waals surface area contributed by atoms with E-state index >= 15 is 0 Å². The summed E-state index contributed by atoms with van der Waals surface area (Å²) in [7, 11) is 0. The Morgan fingerprint density at radius 3 is 2.33 bits per heavy atom. The number of nitrogens with one attached hydrogen (secondary N) is 2. The summed E-state index contributed by atoms with van der Waals surface area (Å²) >= 11 is 0. The Bertz CT molecular complexity index is 476. The van der Waals surface area contributed by atoms with Crippen LogP contribution in [0, 0.1) is 5.92 Å². The van der Waals surface area contributed by atoms with Gasteiger partial charge in [0.15, 0.2) is 0 Å². The van der Waals surface area contributed by atoms with Gasteiger partial charge in [0.1, 0.15) is 11.5 Å². The minimum Gasteiger partial charge on any atom is -0.508 e. The van der Waals surface area contributed by atoms with Gasteiger partial charge in [-0.1, -0.05) is 20.8 Å². The van der Waals surface area contributed by atoms with Crippen LogP contribution in [-0.2, 0) is 6.42 Å². The van der Waals surface area contributed by atoms with E-state index in [0.717, 1.165) is 43.5 Å². The largest absolute Gasteiger partial charge is 0.508 e. The van der Waals surface area contributed by atoms with Gasteiger partial charge in [0.05, 0.1) is 6.04 Å². The van der Waals surface area contributed by atoms with Crippen LogP contribution in [0.3, 0.4) is 0 Å². The van der Waals surface area contributed by atoms with Crippen molar-refractivity contribution in [3.63, 3.8) is 0 Å². The number of hydrogen-bond acceptors (Lipinski definition) is 4. The Hall–Kier alpha value is -1.26. The molecule has 21 heavy (non-hydrogen) atoms. The second-order valence-electron chi connectivity index (χ2n) is 6.09. The summed E-state index contributed by atoms with van der Waals surface area (Å²) in [6.45, 7) is 8.37. The fraction of sp³-hybridized carbons (Fsp3) is 0.647. The van der Waals surface area contributed by atoms with Crippen molar-refractivity contribution >= 4 is 0 Å². The predicted octanol–water partition coefficient (Wildman–Crippen LogP) is 2.70. The average molecular weight is 292 g/mol. The third-order valence-corrected chi connectivity index (χ3v) is 4.36. The van der Waals surface area contributed by atoms with Gasteiger partial charge in [-0.15, -0.1) is 0 Å². The molecule has 1 aliphatic rings. The number of phenolic OH excluding ortho intramolecular Hbond substituents is 2. The van der Waals surface area contributed by atoms with Crippen molar-refractivity contribution in [2.45, 2.75) is 52.1 Å². The van der Waals surface area contributed by atoms with Gasteiger partial charge in [-0.05, 0) is 50.4 Å². The third-order valence-electron chi connectivity index (χ3n) is 4.36. The highest BCUT2D eigenvalue weighted by molar-refractivity contribution is 5.51. The molecular weight excluding hydrogens is 264 g/mol. The molecule has 0 spiro atoms. The smallest absolute Gasteiger partial charge is 0.120 e. The van der Waals surface area contributed by atoms with Gasteiger partial charge in [-0.3, -0.25) is 0 Å². The van der Waals surface area contributed by atoms with Gasteiger partial charge >= 0.3 is 0 Å². The molecule has 4 heteroatoms. The van der Waals surface area contributed by atoms with Crippen molar-refractivity contribution in [1.82, 2.24) is 10.6 Å². The maximum absolute atomic E-state index is 10.3. The first-order valence-corrected chi connectivity index (χ1v) is 8.10. The Morgan fingerprint density at radius 2 is 1.67 bits per heavy atom. The van der Waals surface area contributed by atoms with Crippen molar-refractivity contribution in [1.29, 1.82) is 0 Å². The van der Waals surface area contributed by atoms with Crippen LogP contribution in [0.15, 0.2) is 12.1 Å². The molecule has 1 aliphatic carbocycles. The third kappa shape index (κ3) is 3.33. The van der Waals surface area contributed by atoms with E-state index in [1.165, 1.54) is 0 Å². The molecule has 0 saturated carbocycles. The molecule has 3 atom stereocenters. The van der Waals surface area contributed by atoms with Crippen LogP contribution in [0.25, 0.3) is 0 Å². The van der Waals surface area contributed by atoms with Crippen molar-refractivity contribution < 1.29 is 10.2 Å². The lowest BCUT2D eigenvalue weighted by Gasteiger charge is -2.40. The maximum Gasteiger partial charge on any atom is 0.120 e. The summed E-state index contributed by atoms with van der Waals surface area (Å²) in [4.78, 5) is 0. The molecular formula is C17H28N2O2. The van der Waals surface area contributed by atoms with E-state index in [1.54, 1.807) is 12.1 Å². The van der Waals surface area contributed by atoms with Gasteiger partial charge < -0.3 is 20.8 Å². The lowest BCUT2D eigenvalue weighted by atomic mass is 9.76. The van der Waals surface area contributed by atoms with E-state index < -0.39 is 0 Å². The number of phenols is 2. The van der Waals surface area contributed by atoms with E-state index in [2.05, 4.69) is 31.4 Å². The average Bonchev–Trinajstić information content (AvgIpc) is 2.47. The summed E-state index contributed by atoms with van der Waals surface area (Å²) < 4.78 is 0. The second-order valence-corrected chi connectivity index (χ2v) is 6.09. The topological polar surface area (TPSA) is 64.5 Å². The first-order chi connectivity index (χ1) is 10.1. The Kier molecular flexibility index (Phi) is 5.48. The number of aromatic hydroxyl groups is 2. The molecule has 2 rings (SSSR count). The van der Waals surface area contributed by atoms with Gasteiger partial charge in [0.2, 0.25) is 0 Å². The molecule has 0 radical (unpaired) electrons. The molecule has 0 amide bonds. The van der Waals surface area contributed by atoms with Gasteiger partial charge in [-0.2, -0.15) is 0 Å². The van der Waals surface area contributed by atoms with Crippen molar-refractivity contribution in [3.05, 3.63) is 23.3 Å². The van der Waals surface area contributed by atoms with Crippen LogP contribution < -0.4 is 10.6 Å². The summed E-state index contributed by atoms with van der Waals surface area (Å²) in [5.41, 5.74) is 1.76. The molecule has 0 aliphatic heterocycles. The second kappa shape index (κ2) is 7.14. The summed E-state index contributed by atoms with van der Waals surface area (Å²) in [5, 5.41) is 27.6. The maximum atomic E-state index is 10.3. The minimum atomic E-state index is 0.0438. The standard InChI is InChI=1S/C17H28N2O2/c1-4-8-18-16-11(3)10-12-13(20)6-7-14(21)15(12)17(16)19-9-5-2/h6-7,11,16-21H,4-5,8-10H2,1-3H3. The zero-order chi connectivity index (χ0) is 15.4. The first kappa shape index (κ1) is 16.1. The van der Waals surface area contributed by atoms with E-state index in [9.17, 15) is 10.2 Å². The van der Waals surface area contributed by atoms with E-state index in [1.807, 2.05) is 0 Å². The fourth-order valence-electron chi connectivity index (χ4n) is 3.32. The highest BCUT2D eigenvalue weighted by atomic mass is 16.3. The highest BCUT2D eigenvalue weighted by Crippen LogP contribution is 2.42. The van der Waals surface area contributed by atoms with E-state index in [-0.39, 0.29) is 17.8 Å². The Morgan fingerprint density at radius 1 is 1.05 bits per heavy atom. The Balaban J connectivity index is 2.39. The number of rotatable bonds is 6. The molecule has 0 fully saturated rings. The molecule has 0 heterocycles. The fourth-order valence-corrected chi connectivity index (χ4v) is 3.32. The van der Waals surface area contributed by atoms with Gasteiger partial charge in [-0.25, -0.2) is 0 Å². The molecule has 0 saturated heterocycles. The van der Waals surface area contributed by atoms with Crippen LogP contribution in [0.1, 0.15) is 50.8 Å². The molecule has 4 N–H and O–H groups in total. The SMILES string of the molecule is CCCNC1c2c(O)ccc(O)c2CC(C)C1NCCC. The molecule has 0 aromatic heterocycles. The summed E-state index contributed by atoms with van der Waals surface area (Å²) in [6, 6.07) is 3.51. The zero-order valence-corrected chi connectivity index (χ0v) is 13.3. The monoisotopic (exact) mass is 292 g/mol. The van der Waals surface area contributed by atoms with Crippen molar-refractivity contribution in [3.8, 4) is 11.5 Å².